The molecule has 0 bridgehead atoms. The number of fused-ring (bicyclic) bond motifs is 2. The van der Waals surface area contributed by atoms with Crippen molar-refractivity contribution in [3.8, 4) is 5.75 Å². The van der Waals surface area contributed by atoms with Gasteiger partial charge in [-0.3, -0.25) is 4.79 Å². The molecule has 0 atom stereocenters. The molecule has 2 heterocycles. The molecule has 6 fully saturated rings. The topological polar surface area (TPSA) is 115 Å². The van der Waals surface area contributed by atoms with Gasteiger partial charge in [-0.15, -0.1) is 0 Å². The van der Waals surface area contributed by atoms with Gasteiger partial charge in [-0.25, -0.2) is 4.79 Å². The summed E-state index contributed by atoms with van der Waals surface area (Å²) in [7, 11) is -3.89. The first-order chi connectivity index (χ1) is 30.8. The first-order valence-electron chi connectivity index (χ1n) is 25.7. The number of carbonyl (C=O) groups excluding carboxylic acids is 1. The number of aromatic hydroxyl groups is 1. The third kappa shape index (κ3) is 11.6. The van der Waals surface area contributed by atoms with Crippen molar-refractivity contribution in [2.45, 2.75) is 227 Å². The minimum atomic E-state index is -1.95. The Morgan fingerprint density at radius 3 is 1.16 bits per heavy atom. The van der Waals surface area contributed by atoms with E-state index in [9.17, 15) is 23.8 Å². The Bertz CT molecular complexity index is 2040. The largest absolute Gasteiger partial charge is 0.506 e. The normalized spacial score (nSPS) is 21.9. The third-order valence-electron chi connectivity index (χ3n) is 16.5. The van der Waals surface area contributed by atoms with Crippen LogP contribution in [0.5, 0.6) is 5.75 Å². The molecule has 0 unspecified atom stereocenters. The van der Waals surface area contributed by atoms with Crippen molar-refractivity contribution < 1.29 is 77.2 Å². The second kappa shape index (κ2) is 24.3. The summed E-state index contributed by atoms with van der Waals surface area (Å²) < 4.78 is 39.1. The Hall–Kier alpha value is -1.30. The van der Waals surface area contributed by atoms with Crippen molar-refractivity contribution in [1.82, 2.24) is 0 Å². The number of hydrogen-bond donors (Lipinski definition) is 1. The molecule has 7 nitrogen and oxygen atoms in total. The molecule has 10 rings (SSSR count). The predicted molar refractivity (Wildman–Crippen MR) is 260 cm³/mol. The first kappa shape index (κ1) is 50.6. The van der Waals surface area contributed by atoms with Crippen LogP contribution in [0.1, 0.15) is 209 Å². The molecule has 351 valence electrons. The summed E-state index contributed by atoms with van der Waals surface area (Å²) in [4.78, 5) is 24.7. The summed E-state index contributed by atoms with van der Waals surface area (Å²) in [5.74, 6) is -1.13. The van der Waals surface area contributed by atoms with E-state index in [1.807, 2.05) is 6.07 Å². The third-order valence-corrected chi connectivity index (χ3v) is 26.5. The Morgan fingerprint density at radius 2 is 0.797 bits per heavy atom. The van der Waals surface area contributed by atoms with E-state index < -0.39 is 37.0 Å². The van der Waals surface area contributed by atoms with Crippen LogP contribution < -0.4 is 5.63 Å². The van der Waals surface area contributed by atoms with Gasteiger partial charge in [-0.1, -0.05) is 146 Å². The van der Waals surface area contributed by atoms with Gasteiger partial charge < -0.3 is 23.1 Å². The van der Waals surface area contributed by atoms with Crippen molar-refractivity contribution in [3.05, 3.63) is 76.3 Å². The van der Waals surface area contributed by atoms with Crippen LogP contribution >= 0.6 is 14.3 Å². The molecule has 1 N–H and O–H groups in total. The number of furan rings is 1. The molecule has 0 spiro atoms. The molecule has 0 saturated heterocycles. The minimum Gasteiger partial charge on any atom is -0.506 e. The first-order valence-corrected chi connectivity index (χ1v) is 29.6. The van der Waals surface area contributed by atoms with Crippen LogP contribution in [0.2, 0.25) is 0 Å². The van der Waals surface area contributed by atoms with E-state index >= 15 is 0 Å². The molecular weight excluding hydrogens is 974 g/mol. The molecule has 0 amide bonds. The number of carbonyl (C=O) groups is 1. The average molecular weight is 1050 g/mol. The van der Waals surface area contributed by atoms with Crippen LogP contribution in [0.15, 0.2) is 68.2 Å². The van der Waals surface area contributed by atoms with Gasteiger partial charge in [0, 0.05) is 88.7 Å². The minimum absolute atomic E-state index is 0. The summed E-state index contributed by atoms with van der Waals surface area (Å²) in [5, 5.41) is 11.3. The van der Waals surface area contributed by atoms with Crippen molar-refractivity contribution in [3.63, 3.8) is 0 Å². The maximum absolute atomic E-state index is 14.3. The Kier molecular flexibility index (Phi) is 19.2. The van der Waals surface area contributed by atoms with Gasteiger partial charge in [0.1, 0.15) is 16.9 Å². The molecule has 4 aromatic rings. The monoisotopic (exact) mass is 1050 g/mol. The van der Waals surface area contributed by atoms with Gasteiger partial charge in [0.15, 0.2) is 11.3 Å². The van der Waals surface area contributed by atoms with Crippen molar-refractivity contribution in [2.75, 3.05) is 0 Å². The zero-order valence-electron chi connectivity index (χ0n) is 38.5. The van der Waals surface area contributed by atoms with Crippen LogP contribution in [-0.4, -0.2) is 44.8 Å². The standard InChI is InChI=1S/C18H10O5.2C18H33OP.Eu/c19-16-11-6-2-4-8-13(11)23-18(21)15(16)17(20)14-9-10-5-1-3-7-12(10)22-14;2*19-20(16-10-4-1-5-11-16,17-12-6-2-7-13-17)18-14-8-3-9-15-18;/h1-9,19H;2*16-18H,1-15H2;. The van der Waals surface area contributed by atoms with E-state index in [1.54, 1.807) is 42.5 Å². The van der Waals surface area contributed by atoms with Crippen LogP contribution in [0.25, 0.3) is 21.9 Å². The van der Waals surface area contributed by atoms with Gasteiger partial charge in [0.2, 0.25) is 5.78 Å². The fourth-order valence-electron chi connectivity index (χ4n) is 13.2. The number of benzene rings is 2. The summed E-state index contributed by atoms with van der Waals surface area (Å²) in [5.41, 5.74) is 3.19. The van der Waals surface area contributed by atoms with Crippen LogP contribution in [0.3, 0.4) is 0 Å². The van der Waals surface area contributed by atoms with Gasteiger partial charge in [-0.2, -0.15) is 0 Å². The van der Waals surface area contributed by atoms with Crippen molar-refractivity contribution in [1.29, 1.82) is 0 Å². The van der Waals surface area contributed by atoms with Gasteiger partial charge in [-0.05, 0) is 101 Å². The fourth-order valence-corrected chi connectivity index (χ4v) is 23.9. The van der Waals surface area contributed by atoms with E-state index in [4.69, 9.17) is 8.83 Å². The van der Waals surface area contributed by atoms with E-state index in [0.717, 1.165) is 5.39 Å². The van der Waals surface area contributed by atoms with Crippen LogP contribution in [0, 0.1) is 49.4 Å². The van der Waals surface area contributed by atoms with Crippen LogP contribution in [0.4, 0.5) is 0 Å². The molecule has 10 heteroatoms. The SMILES string of the molecule is O=C(c1cc2ccccc2o1)c1c(O)c2ccccc2oc1=O.O=P(C1CCCCC1)(C1CCCCC1)C1CCCCC1.O=P(C1CCCCC1)(C1CCCCC1)C1CCCCC1.[Eu]. The quantitative estimate of drug-likeness (QED) is 0.106. The Balaban J connectivity index is 0.000000143. The molecule has 2 aromatic heterocycles. The van der Waals surface area contributed by atoms with E-state index in [0.29, 0.717) is 44.9 Å². The molecule has 1 radical (unpaired) electrons. The summed E-state index contributed by atoms with van der Waals surface area (Å²) in [6.07, 6.45) is 40.2. The summed E-state index contributed by atoms with van der Waals surface area (Å²) >= 11 is 0. The number of para-hydroxylation sites is 2. The molecular formula is C54H76EuO7P2. The second-order valence-electron chi connectivity index (χ2n) is 20.4. The zero-order chi connectivity index (χ0) is 43.7. The number of rotatable bonds is 8. The molecule has 2 aromatic carbocycles. The summed E-state index contributed by atoms with van der Waals surface area (Å²) in [6.45, 7) is 0. The molecule has 6 aliphatic rings. The zero-order valence-corrected chi connectivity index (χ0v) is 42.8. The molecule has 0 aliphatic heterocycles. The predicted octanol–water partition coefficient (Wildman–Crippen LogP) is 16.2. The maximum Gasteiger partial charge on any atom is 0.351 e. The molecule has 6 saturated carbocycles. The Morgan fingerprint density at radius 1 is 0.469 bits per heavy atom. The molecule has 6 aliphatic carbocycles. The Labute approximate surface area is 424 Å². The van der Waals surface area contributed by atoms with Gasteiger partial charge in [0.25, 0.3) is 0 Å². The average Bonchev–Trinajstić information content (AvgIpc) is 3.80. The van der Waals surface area contributed by atoms with E-state index in [2.05, 4.69) is 0 Å². The summed E-state index contributed by atoms with van der Waals surface area (Å²) in [6, 6.07) is 15.1. The van der Waals surface area contributed by atoms with Crippen molar-refractivity contribution >= 4 is 42.0 Å². The van der Waals surface area contributed by atoms with Gasteiger partial charge >= 0.3 is 5.63 Å². The smallest absolute Gasteiger partial charge is 0.351 e. The number of ketones is 1. The fraction of sp³-hybridized carbons (Fsp3) is 0.667. The maximum atomic E-state index is 14.3. The van der Waals surface area contributed by atoms with Crippen LogP contribution in [-0.2, 0) is 9.13 Å². The van der Waals surface area contributed by atoms with E-state index in [-0.39, 0.29) is 60.7 Å². The van der Waals surface area contributed by atoms with E-state index in [1.165, 1.54) is 199 Å². The molecule has 64 heavy (non-hydrogen) atoms. The van der Waals surface area contributed by atoms with Crippen molar-refractivity contribution in [2.24, 2.45) is 0 Å². The van der Waals surface area contributed by atoms with Gasteiger partial charge in [0.05, 0.1) is 19.7 Å². The second-order valence-corrected chi connectivity index (χ2v) is 27.8. The number of hydrogen-bond acceptors (Lipinski definition) is 7.